The lowest BCUT2D eigenvalue weighted by atomic mass is 10.1. The minimum atomic E-state index is -4.41. The molecule has 3 rings (SSSR count). The molecule has 0 spiro atoms. The number of aromatic hydroxyl groups is 1. The summed E-state index contributed by atoms with van der Waals surface area (Å²) >= 11 is 0. The van der Waals surface area contributed by atoms with E-state index in [0.717, 1.165) is 12.1 Å². The number of hydrogen-bond donors (Lipinski definition) is 1. The summed E-state index contributed by atoms with van der Waals surface area (Å²) in [4.78, 5) is 13.6. The van der Waals surface area contributed by atoms with Crippen LogP contribution < -0.4 is 4.90 Å². The van der Waals surface area contributed by atoms with Crippen LogP contribution in [0.15, 0.2) is 42.5 Å². The van der Waals surface area contributed by atoms with Crippen LogP contribution in [-0.4, -0.2) is 11.0 Å². The average molecular weight is 293 g/mol. The largest absolute Gasteiger partial charge is 0.508 e. The lowest BCUT2D eigenvalue weighted by Crippen LogP contribution is -2.23. The quantitative estimate of drug-likeness (QED) is 0.873. The highest BCUT2D eigenvalue weighted by molar-refractivity contribution is 6.10. The first-order chi connectivity index (χ1) is 9.88. The molecule has 1 heterocycles. The predicted molar refractivity (Wildman–Crippen MR) is 70.1 cm³/mol. The van der Waals surface area contributed by atoms with E-state index in [1.54, 1.807) is 12.1 Å². The molecule has 3 nitrogen and oxygen atoms in total. The van der Waals surface area contributed by atoms with Crippen LogP contribution in [0.5, 0.6) is 5.75 Å². The number of fused-ring (bicyclic) bond motifs is 1. The van der Waals surface area contributed by atoms with Gasteiger partial charge < -0.3 is 10.0 Å². The Hall–Kier alpha value is -2.50. The highest BCUT2D eigenvalue weighted by Gasteiger charge is 2.33. The fourth-order valence-electron chi connectivity index (χ4n) is 2.36. The summed E-state index contributed by atoms with van der Waals surface area (Å²) in [6.45, 7) is 0.145. The molecule has 2 aromatic carbocycles. The van der Waals surface area contributed by atoms with Crippen LogP contribution >= 0.6 is 0 Å². The number of carbonyl (C=O) groups is 1. The molecule has 0 unspecified atom stereocenters. The molecular formula is C15H10F3NO2. The van der Waals surface area contributed by atoms with Gasteiger partial charge in [-0.1, -0.05) is 6.07 Å². The normalized spacial score (nSPS) is 14.4. The summed E-state index contributed by atoms with van der Waals surface area (Å²) < 4.78 is 37.6. The van der Waals surface area contributed by atoms with Gasteiger partial charge in [-0.25, -0.2) is 0 Å². The summed E-state index contributed by atoms with van der Waals surface area (Å²) in [6, 6.07) is 9.00. The molecule has 1 N–H and O–H groups in total. The Balaban J connectivity index is 1.94. The van der Waals surface area contributed by atoms with E-state index in [9.17, 15) is 23.1 Å². The summed E-state index contributed by atoms with van der Waals surface area (Å²) in [5.74, 6) is -0.323. The molecule has 1 aliphatic heterocycles. The third-order valence-electron chi connectivity index (χ3n) is 3.45. The zero-order valence-corrected chi connectivity index (χ0v) is 10.7. The molecule has 0 bridgehead atoms. The summed E-state index contributed by atoms with van der Waals surface area (Å²) in [5.41, 5.74) is 0.458. The molecule has 0 saturated heterocycles. The molecule has 0 radical (unpaired) electrons. The van der Waals surface area contributed by atoms with Crippen LogP contribution in [0.1, 0.15) is 21.5 Å². The standard InChI is InChI=1S/C15H10F3NO2/c16-15(17,18)9-4-6-10(7-5-9)19-8-12-11(14(19)21)2-1-3-13(12)20/h1-7,20H,8H2. The van der Waals surface area contributed by atoms with Crippen molar-refractivity contribution in [3.63, 3.8) is 0 Å². The SMILES string of the molecule is O=C1c2cccc(O)c2CN1c1ccc(C(F)(F)F)cc1. The third-order valence-corrected chi connectivity index (χ3v) is 3.45. The van der Waals surface area contributed by atoms with Crippen molar-refractivity contribution in [3.8, 4) is 5.75 Å². The van der Waals surface area contributed by atoms with E-state index in [2.05, 4.69) is 0 Å². The Labute approximate surface area is 118 Å². The van der Waals surface area contributed by atoms with Crippen molar-refractivity contribution in [1.82, 2.24) is 0 Å². The summed E-state index contributed by atoms with van der Waals surface area (Å²) in [6.07, 6.45) is -4.41. The van der Waals surface area contributed by atoms with E-state index < -0.39 is 11.7 Å². The molecular weight excluding hydrogens is 283 g/mol. The number of hydrogen-bond acceptors (Lipinski definition) is 2. The monoisotopic (exact) mass is 293 g/mol. The lowest BCUT2D eigenvalue weighted by molar-refractivity contribution is -0.137. The van der Waals surface area contributed by atoms with Gasteiger partial charge >= 0.3 is 6.18 Å². The maximum Gasteiger partial charge on any atom is 0.416 e. The lowest BCUT2D eigenvalue weighted by Gasteiger charge is -2.16. The number of phenolic OH excluding ortho intramolecular Hbond substituents is 1. The van der Waals surface area contributed by atoms with Crippen molar-refractivity contribution in [2.45, 2.75) is 12.7 Å². The topological polar surface area (TPSA) is 40.5 Å². The molecule has 21 heavy (non-hydrogen) atoms. The fraction of sp³-hybridized carbons (Fsp3) is 0.133. The molecule has 108 valence electrons. The van der Waals surface area contributed by atoms with Crippen molar-refractivity contribution in [1.29, 1.82) is 0 Å². The van der Waals surface area contributed by atoms with E-state index in [1.807, 2.05) is 0 Å². The number of carbonyl (C=O) groups excluding carboxylic acids is 1. The number of nitrogens with zero attached hydrogens (tertiary/aromatic N) is 1. The zero-order valence-electron chi connectivity index (χ0n) is 10.7. The van der Waals surface area contributed by atoms with E-state index in [0.29, 0.717) is 16.8 Å². The van der Waals surface area contributed by atoms with Crippen LogP contribution in [0, 0.1) is 0 Å². The Morgan fingerprint density at radius 1 is 1.05 bits per heavy atom. The maximum atomic E-state index is 12.5. The van der Waals surface area contributed by atoms with Crippen molar-refractivity contribution in [2.75, 3.05) is 4.90 Å². The first-order valence-corrected chi connectivity index (χ1v) is 6.18. The van der Waals surface area contributed by atoms with Crippen molar-refractivity contribution < 1.29 is 23.1 Å². The second-order valence-electron chi connectivity index (χ2n) is 4.74. The second kappa shape index (κ2) is 4.51. The molecule has 0 aromatic heterocycles. The van der Waals surface area contributed by atoms with Gasteiger partial charge in [-0.3, -0.25) is 4.79 Å². The molecule has 0 aliphatic carbocycles. The molecule has 1 amide bonds. The number of anilines is 1. The average Bonchev–Trinajstić information content (AvgIpc) is 2.77. The van der Waals surface area contributed by atoms with Crippen molar-refractivity contribution >= 4 is 11.6 Å². The second-order valence-corrected chi connectivity index (χ2v) is 4.74. The Kier molecular flexibility index (Phi) is 2.90. The number of rotatable bonds is 1. The molecule has 1 aliphatic rings. The van der Waals surface area contributed by atoms with Gasteiger partial charge in [0, 0.05) is 16.8 Å². The fourth-order valence-corrected chi connectivity index (χ4v) is 2.36. The zero-order chi connectivity index (χ0) is 15.2. The molecule has 0 saturated carbocycles. The highest BCUT2D eigenvalue weighted by atomic mass is 19.4. The van der Waals surface area contributed by atoms with E-state index >= 15 is 0 Å². The first kappa shape index (κ1) is 13.5. The predicted octanol–water partition coefficient (Wildman–Crippen LogP) is 3.57. The minimum Gasteiger partial charge on any atom is -0.508 e. The smallest absolute Gasteiger partial charge is 0.416 e. The number of halogens is 3. The van der Waals surface area contributed by atoms with Gasteiger partial charge in [0.1, 0.15) is 5.75 Å². The number of amides is 1. The van der Waals surface area contributed by atoms with Crippen molar-refractivity contribution in [2.24, 2.45) is 0 Å². The van der Waals surface area contributed by atoms with E-state index in [4.69, 9.17) is 0 Å². The van der Waals surface area contributed by atoms with Gasteiger partial charge in [-0.2, -0.15) is 13.2 Å². The summed E-state index contributed by atoms with van der Waals surface area (Å²) in [7, 11) is 0. The minimum absolute atomic E-state index is 0.00950. The van der Waals surface area contributed by atoms with Crippen LogP contribution in [0.4, 0.5) is 18.9 Å². The maximum absolute atomic E-state index is 12.5. The Morgan fingerprint density at radius 2 is 1.71 bits per heavy atom. The summed E-state index contributed by atoms with van der Waals surface area (Å²) in [5, 5.41) is 9.74. The molecule has 0 atom stereocenters. The van der Waals surface area contributed by atoms with Crippen molar-refractivity contribution in [3.05, 3.63) is 59.2 Å². The Morgan fingerprint density at radius 3 is 2.29 bits per heavy atom. The molecule has 6 heteroatoms. The first-order valence-electron chi connectivity index (χ1n) is 6.18. The van der Waals surface area contributed by atoms with Crippen LogP contribution in [-0.2, 0) is 12.7 Å². The van der Waals surface area contributed by atoms with Gasteiger partial charge in [0.2, 0.25) is 0 Å². The van der Waals surface area contributed by atoms with Crippen LogP contribution in [0.25, 0.3) is 0 Å². The van der Waals surface area contributed by atoms with Gasteiger partial charge in [-0.05, 0) is 36.4 Å². The third kappa shape index (κ3) is 2.22. The number of benzene rings is 2. The van der Waals surface area contributed by atoms with Gasteiger partial charge in [0.25, 0.3) is 5.91 Å². The number of phenols is 1. The number of alkyl halides is 3. The van der Waals surface area contributed by atoms with Gasteiger partial charge in [0.15, 0.2) is 0 Å². The molecule has 2 aromatic rings. The van der Waals surface area contributed by atoms with Gasteiger partial charge in [-0.15, -0.1) is 0 Å². The van der Waals surface area contributed by atoms with E-state index in [-0.39, 0.29) is 18.2 Å². The van der Waals surface area contributed by atoms with Gasteiger partial charge in [0.05, 0.1) is 12.1 Å². The van der Waals surface area contributed by atoms with Crippen LogP contribution in [0.2, 0.25) is 0 Å². The van der Waals surface area contributed by atoms with E-state index in [1.165, 1.54) is 23.1 Å². The van der Waals surface area contributed by atoms with Crippen LogP contribution in [0.3, 0.4) is 0 Å². The molecule has 0 fully saturated rings. The Bertz CT molecular complexity index is 708. The highest BCUT2D eigenvalue weighted by Crippen LogP contribution is 2.35.